The minimum absolute atomic E-state index is 0.00638. The van der Waals surface area contributed by atoms with Gasteiger partial charge in [0.25, 0.3) is 11.7 Å². The number of hydrogen-bond donors (Lipinski definition) is 1. The van der Waals surface area contributed by atoms with Crippen LogP contribution in [0, 0.1) is 0 Å². The van der Waals surface area contributed by atoms with Gasteiger partial charge in [-0.1, -0.05) is 38.1 Å². The molecule has 4 rings (SSSR count). The number of Topliss-reactive ketones (excluding diaryl/α,β-unsaturated/α-hetero) is 1. The summed E-state index contributed by atoms with van der Waals surface area (Å²) >= 11 is 0. The van der Waals surface area contributed by atoms with Crippen molar-refractivity contribution in [2.24, 2.45) is 0 Å². The second kappa shape index (κ2) is 12.0. The van der Waals surface area contributed by atoms with Gasteiger partial charge < -0.3 is 14.7 Å². The number of amides is 1. The van der Waals surface area contributed by atoms with Crippen molar-refractivity contribution in [2.45, 2.75) is 37.1 Å². The lowest BCUT2D eigenvalue weighted by molar-refractivity contribution is -0.140. The highest BCUT2D eigenvalue weighted by atomic mass is 32.2. The number of aliphatic hydroxyl groups excluding tert-OH is 1. The average molecular weight is 556 g/mol. The van der Waals surface area contributed by atoms with Crippen LogP contribution in [0.3, 0.4) is 0 Å². The van der Waals surface area contributed by atoms with Crippen LogP contribution in [0.15, 0.2) is 59.0 Å². The summed E-state index contributed by atoms with van der Waals surface area (Å²) in [6.45, 7) is 8.34. The summed E-state index contributed by atoms with van der Waals surface area (Å²) in [5.74, 6) is -1.41. The fourth-order valence-electron chi connectivity index (χ4n) is 4.96. The summed E-state index contributed by atoms with van der Waals surface area (Å²) < 4.78 is 31.5. The van der Waals surface area contributed by atoms with Crippen molar-refractivity contribution in [3.8, 4) is 0 Å². The number of rotatable bonds is 9. The molecule has 0 aliphatic carbocycles. The Hall–Kier alpha value is -3.05. The molecule has 39 heavy (non-hydrogen) atoms. The molecule has 0 unspecified atom stereocenters. The standard InChI is InChI=1S/C29H37N3O6S/c1-20(2)21-6-8-22(9-7-21)26-25(27(33)23-10-12-24(13-11-23)39(36,37)30(3)4)28(34)29(35)32(26)15-5-14-31-16-18-38-19-17-31/h6-13,20,26,33H,5,14-19H2,1-4H3/b27-25+/t26-/m1/s1. The molecule has 0 radical (unpaired) electrons. The highest BCUT2D eigenvalue weighted by Gasteiger charge is 2.45. The van der Waals surface area contributed by atoms with E-state index in [0.29, 0.717) is 32.1 Å². The van der Waals surface area contributed by atoms with E-state index in [1.165, 1.54) is 38.4 Å². The summed E-state index contributed by atoms with van der Waals surface area (Å²) in [6, 6.07) is 12.7. The number of carbonyl (C=O) groups excluding carboxylic acids is 2. The van der Waals surface area contributed by atoms with Crippen LogP contribution >= 0.6 is 0 Å². The molecular formula is C29H37N3O6S. The lowest BCUT2D eigenvalue weighted by Crippen LogP contribution is -2.38. The largest absolute Gasteiger partial charge is 0.507 e. The molecule has 1 N–H and O–H groups in total. The Labute approximate surface area is 230 Å². The van der Waals surface area contributed by atoms with Crippen molar-refractivity contribution in [1.82, 2.24) is 14.1 Å². The van der Waals surface area contributed by atoms with Crippen molar-refractivity contribution in [3.05, 3.63) is 70.8 Å². The van der Waals surface area contributed by atoms with Crippen LogP contribution in [0.4, 0.5) is 0 Å². The Kier molecular flexibility index (Phi) is 8.90. The topological polar surface area (TPSA) is 107 Å². The molecule has 0 aromatic heterocycles. The quantitative estimate of drug-likeness (QED) is 0.288. The minimum atomic E-state index is -3.66. The Morgan fingerprint density at radius 2 is 1.62 bits per heavy atom. The molecule has 2 aromatic rings. The zero-order valence-corrected chi connectivity index (χ0v) is 23.8. The number of hydrogen-bond acceptors (Lipinski definition) is 7. The molecule has 0 bridgehead atoms. The summed E-state index contributed by atoms with van der Waals surface area (Å²) in [5.41, 5.74) is 2.13. The third-order valence-electron chi connectivity index (χ3n) is 7.34. The van der Waals surface area contributed by atoms with Gasteiger partial charge >= 0.3 is 0 Å². The van der Waals surface area contributed by atoms with E-state index in [0.717, 1.165) is 35.1 Å². The van der Waals surface area contributed by atoms with Gasteiger partial charge in [-0.25, -0.2) is 12.7 Å². The van der Waals surface area contributed by atoms with Crippen LogP contribution in [0.2, 0.25) is 0 Å². The first-order valence-electron chi connectivity index (χ1n) is 13.2. The maximum absolute atomic E-state index is 13.3. The van der Waals surface area contributed by atoms with Crippen molar-refractivity contribution in [1.29, 1.82) is 0 Å². The molecule has 2 aliphatic heterocycles. The molecule has 10 heteroatoms. The number of aliphatic hydroxyl groups is 1. The summed E-state index contributed by atoms with van der Waals surface area (Å²) in [6.07, 6.45) is 0.671. The fourth-order valence-corrected chi connectivity index (χ4v) is 5.86. The molecule has 1 atom stereocenters. The van der Waals surface area contributed by atoms with Crippen molar-refractivity contribution >= 4 is 27.5 Å². The summed E-state index contributed by atoms with van der Waals surface area (Å²) in [7, 11) is -0.779. The number of likely N-dealkylation sites (tertiary alicyclic amines) is 1. The molecule has 2 aromatic carbocycles. The van der Waals surface area contributed by atoms with E-state index in [1.807, 2.05) is 24.3 Å². The van der Waals surface area contributed by atoms with Gasteiger partial charge in [0.2, 0.25) is 10.0 Å². The van der Waals surface area contributed by atoms with Gasteiger partial charge in [0.05, 0.1) is 29.7 Å². The lowest BCUT2D eigenvalue weighted by atomic mass is 9.93. The number of morpholine rings is 1. The first-order valence-corrected chi connectivity index (χ1v) is 14.7. The number of carbonyl (C=O) groups is 2. The smallest absolute Gasteiger partial charge is 0.295 e. The van der Waals surface area contributed by atoms with Gasteiger partial charge in [-0.3, -0.25) is 14.5 Å². The monoisotopic (exact) mass is 555 g/mol. The van der Waals surface area contributed by atoms with Gasteiger partial charge in [0.1, 0.15) is 5.76 Å². The molecule has 0 saturated carbocycles. The van der Waals surface area contributed by atoms with Crippen LogP contribution in [0.5, 0.6) is 0 Å². The van der Waals surface area contributed by atoms with Crippen LogP contribution < -0.4 is 0 Å². The van der Waals surface area contributed by atoms with Crippen molar-refractivity contribution in [3.63, 3.8) is 0 Å². The zero-order chi connectivity index (χ0) is 28.3. The van der Waals surface area contributed by atoms with E-state index in [9.17, 15) is 23.1 Å². The van der Waals surface area contributed by atoms with Crippen LogP contribution in [-0.2, 0) is 24.3 Å². The third-order valence-corrected chi connectivity index (χ3v) is 9.17. The molecule has 2 aliphatic rings. The van der Waals surface area contributed by atoms with Gasteiger partial charge in [-0.2, -0.15) is 0 Å². The van der Waals surface area contributed by atoms with E-state index >= 15 is 0 Å². The molecule has 1 amide bonds. The third kappa shape index (κ3) is 6.09. The van der Waals surface area contributed by atoms with Crippen molar-refractivity contribution < 1.29 is 27.9 Å². The van der Waals surface area contributed by atoms with Gasteiger partial charge in [0, 0.05) is 45.8 Å². The normalized spacial score (nSPS) is 20.4. The first-order chi connectivity index (χ1) is 18.5. The number of nitrogens with zero attached hydrogens (tertiary/aromatic N) is 3. The molecule has 210 valence electrons. The summed E-state index contributed by atoms with van der Waals surface area (Å²) in [5, 5.41) is 11.3. The van der Waals surface area contributed by atoms with E-state index in [-0.39, 0.29) is 21.8 Å². The van der Waals surface area contributed by atoms with E-state index in [2.05, 4.69) is 18.7 Å². The summed E-state index contributed by atoms with van der Waals surface area (Å²) in [4.78, 5) is 30.5. The zero-order valence-electron chi connectivity index (χ0n) is 23.0. The lowest BCUT2D eigenvalue weighted by Gasteiger charge is -2.29. The molecule has 2 fully saturated rings. The molecule has 0 spiro atoms. The number of sulfonamides is 1. The molecule has 9 nitrogen and oxygen atoms in total. The maximum atomic E-state index is 13.3. The fraction of sp³-hybridized carbons (Fsp3) is 0.448. The molecular weight excluding hydrogens is 518 g/mol. The van der Waals surface area contributed by atoms with Gasteiger partial charge in [-0.05, 0) is 47.7 Å². The van der Waals surface area contributed by atoms with E-state index in [4.69, 9.17) is 4.74 Å². The van der Waals surface area contributed by atoms with Gasteiger partial charge in [-0.15, -0.1) is 0 Å². The van der Waals surface area contributed by atoms with Crippen LogP contribution in [0.25, 0.3) is 5.76 Å². The van der Waals surface area contributed by atoms with E-state index < -0.39 is 27.8 Å². The SMILES string of the molecule is CC(C)c1ccc([C@@H]2/C(=C(\O)c3ccc(S(=O)(=O)N(C)C)cc3)C(=O)C(=O)N2CCCN2CCOCC2)cc1. The van der Waals surface area contributed by atoms with Crippen LogP contribution in [-0.4, -0.2) is 92.8 Å². The highest BCUT2D eigenvalue weighted by Crippen LogP contribution is 2.40. The highest BCUT2D eigenvalue weighted by molar-refractivity contribution is 7.89. The van der Waals surface area contributed by atoms with Gasteiger partial charge in [0.15, 0.2) is 0 Å². The minimum Gasteiger partial charge on any atom is -0.507 e. The second-order valence-electron chi connectivity index (χ2n) is 10.4. The molecule has 2 saturated heterocycles. The Balaban J connectivity index is 1.70. The predicted molar refractivity (Wildman–Crippen MR) is 149 cm³/mol. The Morgan fingerprint density at radius 3 is 2.18 bits per heavy atom. The van der Waals surface area contributed by atoms with Crippen molar-refractivity contribution in [2.75, 3.05) is 53.5 Å². The Bertz CT molecular complexity index is 1330. The number of ether oxygens (including phenoxy) is 1. The predicted octanol–water partition coefficient (Wildman–Crippen LogP) is 3.20. The van der Waals surface area contributed by atoms with Crippen LogP contribution in [0.1, 0.15) is 48.9 Å². The molecule has 2 heterocycles. The number of benzene rings is 2. The first kappa shape index (κ1) is 28.9. The maximum Gasteiger partial charge on any atom is 0.295 e. The second-order valence-corrected chi connectivity index (χ2v) is 12.6. The average Bonchev–Trinajstić information content (AvgIpc) is 3.18. The van der Waals surface area contributed by atoms with E-state index in [1.54, 1.807) is 4.90 Å². The number of ketones is 1. The Morgan fingerprint density at radius 1 is 1.00 bits per heavy atom.